The molecule has 0 atom stereocenters. The molecule has 5 nitrogen and oxygen atoms in total. The number of hydrogen-bond donors (Lipinski definition) is 0. The van der Waals surface area contributed by atoms with Crippen molar-refractivity contribution >= 4 is 17.2 Å². The maximum Gasteiger partial charge on any atom is 0.264 e. The van der Waals surface area contributed by atoms with Gasteiger partial charge in [0, 0.05) is 45.6 Å². The molecule has 0 N–H and O–H groups in total. The number of aryl methyl sites for hydroxylation is 1. The van der Waals surface area contributed by atoms with E-state index in [2.05, 4.69) is 30.8 Å². The van der Waals surface area contributed by atoms with Gasteiger partial charge >= 0.3 is 0 Å². The Morgan fingerprint density at radius 1 is 1.29 bits per heavy atom. The number of hydrogen-bond acceptors (Lipinski definition) is 4. The van der Waals surface area contributed by atoms with E-state index in [0.29, 0.717) is 5.92 Å². The summed E-state index contributed by atoms with van der Waals surface area (Å²) in [5.41, 5.74) is 1.29. The third-order valence-corrected chi connectivity index (χ3v) is 5.99. The van der Waals surface area contributed by atoms with Gasteiger partial charge in [0.1, 0.15) is 5.82 Å². The summed E-state index contributed by atoms with van der Waals surface area (Å²) in [6.45, 7) is 4.47. The Morgan fingerprint density at radius 3 is 2.92 bits per heavy atom. The number of rotatable bonds is 4. The van der Waals surface area contributed by atoms with E-state index in [1.165, 1.54) is 18.4 Å². The lowest BCUT2D eigenvalue weighted by Crippen LogP contribution is -2.35. The summed E-state index contributed by atoms with van der Waals surface area (Å²) in [5.74, 6) is 1.97. The van der Waals surface area contributed by atoms with Gasteiger partial charge in [0.15, 0.2) is 0 Å². The first-order valence-corrected chi connectivity index (χ1v) is 9.65. The zero-order valence-electron chi connectivity index (χ0n) is 14.1. The Balaban J connectivity index is 1.40. The summed E-state index contributed by atoms with van der Waals surface area (Å²) < 4.78 is 2.07. The molecule has 0 radical (unpaired) electrons. The molecule has 0 bridgehead atoms. The maximum absolute atomic E-state index is 12.9. The molecule has 24 heavy (non-hydrogen) atoms. The average Bonchev–Trinajstić information content (AvgIpc) is 3.25. The summed E-state index contributed by atoms with van der Waals surface area (Å²) in [7, 11) is 2.03. The lowest BCUT2D eigenvalue weighted by Gasteiger charge is -2.22. The number of carbonyl (C=O) groups is 1. The van der Waals surface area contributed by atoms with Gasteiger partial charge < -0.3 is 9.47 Å². The molecule has 2 aromatic rings. The lowest BCUT2D eigenvalue weighted by molar-refractivity contribution is 0.0764. The molecule has 2 aromatic heterocycles. The molecule has 6 heteroatoms. The van der Waals surface area contributed by atoms with Crippen LogP contribution in [-0.2, 0) is 13.6 Å². The lowest BCUT2D eigenvalue weighted by atomic mass is 10.1. The Morgan fingerprint density at radius 2 is 2.17 bits per heavy atom. The smallest absolute Gasteiger partial charge is 0.264 e. The Labute approximate surface area is 146 Å². The highest BCUT2D eigenvalue weighted by Gasteiger charge is 2.31. The third-order valence-electron chi connectivity index (χ3n) is 5.07. The zero-order chi connectivity index (χ0) is 16.5. The van der Waals surface area contributed by atoms with Crippen molar-refractivity contribution in [3.8, 4) is 0 Å². The first kappa shape index (κ1) is 15.8. The van der Waals surface area contributed by atoms with E-state index in [9.17, 15) is 4.79 Å². The van der Waals surface area contributed by atoms with Gasteiger partial charge in [-0.3, -0.25) is 9.69 Å². The summed E-state index contributed by atoms with van der Waals surface area (Å²) in [6.07, 6.45) is 7.35. The van der Waals surface area contributed by atoms with Crippen LogP contribution in [0, 0.1) is 0 Å². The molecule has 2 fully saturated rings. The minimum atomic E-state index is 0.241. The highest BCUT2D eigenvalue weighted by atomic mass is 32.1. The molecule has 128 valence electrons. The van der Waals surface area contributed by atoms with Gasteiger partial charge in [-0.1, -0.05) is 0 Å². The van der Waals surface area contributed by atoms with Crippen LogP contribution in [-0.4, -0.2) is 51.4 Å². The highest BCUT2D eigenvalue weighted by molar-refractivity contribution is 7.12. The van der Waals surface area contributed by atoms with Gasteiger partial charge in [0.25, 0.3) is 5.91 Å². The molecular formula is C18H24N4OS. The van der Waals surface area contributed by atoms with Crippen molar-refractivity contribution in [3.05, 3.63) is 40.1 Å². The monoisotopic (exact) mass is 344 g/mol. The summed E-state index contributed by atoms with van der Waals surface area (Å²) >= 11 is 1.61. The van der Waals surface area contributed by atoms with Crippen molar-refractivity contribution in [2.45, 2.75) is 31.7 Å². The standard InChI is InChI=1S/C18H24N4OS/c1-20-9-6-19-16(20)13-21-7-2-8-22(11-10-21)18(23)17-15(5-12-24-17)14-3-4-14/h5-6,9,12,14H,2-4,7-8,10-11,13H2,1H3. The van der Waals surface area contributed by atoms with Crippen LogP contribution >= 0.6 is 11.3 Å². The van der Waals surface area contributed by atoms with Crippen molar-refractivity contribution in [3.63, 3.8) is 0 Å². The Bertz CT molecular complexity index is 718. The van der Waals surface area contributed by atoms with E-state index in [0.717, 1.165) is 49.8 Å². The maximum atomic E-state index is 12.9. The summed E-state index contributed by atoms with van der Waals surface area (Å²) in [4.78, 5) is 22.8. The predicted octanol–water partition coefficient (Wildman–Crippen LogP) is 2.71. The highest BCUT2D eigenvalue weighted by Crippen LogP contribution is 2.43. The molecule has 3 heterocycles. The van der Waals surface area contributed by atoms with Crippen LogP contribution in [0.15, 0.2) is 23.8 Å². The van der Waals surface area contributed by atoms with Crippen LogP contribution in [0.4, 0.5) is 0 Å². The number of carbonyl (C=O) groups excluding carboxylic acids is 1. The minimum Gasteiger partial charge on any atom is -0.337 e. The molecule has 1 aliphatic heterocycles. The van der Waals surface area contributed by atoms with Gasteiger partial charge in [-0.15, -0.1) is 11.3 Å². The molecule has 2 aliphatic rings. The normalized spacial score (nSPS) is 19.5. The predicted molar refractivity (Wildman–Crippen MR) is 95.3 cm³/mol. The fraction of sp³-hybridized carbons (Fsp3) is 0.556. The van der Waals surface area contributed by atoms with Crippen LogP contribution < -0.4 is 0 Å². The van der Waals surface area contributed by atoms with E-state index in [4.69, 9.17) is 0 Å². The second-order valence-corrected chi connectivity index (χ2v) is 7.77. The fourth-order valence-electron chi connectivity index (χ4n) is 3.43. The van der Waals surface area contributed by atoms with E-state index >= 15 is 0 Å². The largest absolute Gasteiger partial charge is 0.337 e. The first-order chi connectivity index (χ1) is 11.7. The van der Waals surface area contributed by atoms with Crippen molar-refractivity contribution < 1.29 is 4.79 Å². The van der Waals surface area contributed by atoms with Crippen molar-refractivity contribution in [2.75, 3.05) is 26.2 Å². The first-order valence-electron chi connectivity index (χ1n) is 8.77. The van der Waals surface area contributed by atoms with Gasteiger partial charge in [-0.2, -0.15) is 0 Å². The van der Waals surface area contributed by atoms with Crippen molar-refractivity contribution in [1.29, 1.82) is 0 Å². The zero-order valence-corrected chi connectivity index (χ0v) is 15.0. The molecule has 4 rings (SSSR count). The molecule has 0 unspecified atom stereocenters. The van der Waals surface area contributed by atoms with E-state index in [1.807, 2.05) is 19.4 Å². The van der Waals surface area contributed by atoms with Crippen LogP contribution in [0.2, 0.25) is 0 Å². The molecule has 1 amide bonds. The SMILES string of the molecule is Cn1ccnc1CN1CCCN(C(=O)c2sccc2C2CC2)CC1. The number of nitrogens with zero attached hydrogens (tertiary/aromatic N) is 4. The molecule has 1 aliphatic carbocycles. The van der Waals surface area contributed by atoms with Crippen molar-refractivity contribution in [2.24, 2.45) is 7.05 Å². The molecule has 0 spiro atoms. The number of aromatic nitrogens is 2. The van der Waals surface area contributed by atoms with Gasteiger partial charge in [0.05, 0.1) is 11.4 Å². The number of thiophene rings is 1. The van der Waals surface area contributed by atoms with E-state index in [-0.39, 0.29) is 5.91 Å². The second kappa shape index (κ2) is 6.69. The fourth-order valence-corrected chi connectivity index (χ4v) is 4.38. The molecule has 1 saturated carbocycles. The van der Waals surface area contributed by atoms with Gasteiger partial charge in [-0.05, 0) is 42.2 Å². The molecule has 0 aromatic carbocycles. The summed E-state index contributed by atoms with van der Waals surface area (Å²) in [5, 5.41) is 2.08. The van der Waals surface area contributed by atoms with Crippen LogP contribution in [0.3, 0.4) is 0 Å². The van der Waals surface area contributed by atoms with Crippen LogP contribution in [0.1, 0.15) is 46.2 Å². The number of amides is 1. The van der Waals surface area contributed by atoms with Gasteiger partial charge in [0.2, 0.25) is 0 Å². The summed E-state index contributed by atoms with van der Waals surface area (Å²) in [6, 6.07) is 2.15. The van der Waals surface area contributed by atoms with Crippen LogP contribution in [0.5, 0.6) is 0 Å². The Hall–Kier alpha value is -1.66. The Kier molecular flexibility index (Phi) is 4.41. The average molecular weight is 344 g/mol. The van der Waals surface area contributed by atoms with E-state index in [1.54, 1.807) is 11.3 Å². The molecular weight excluding hydrogens is 320 g/mol. The van der Waals surface area contributed by atoms with Crippen molar-refractivity contribution in [1.82, 2.24) is 19.4 Å². The third kappa shape index (κ3) is 3.26. The quantitative estimate of drug-likeness (QED) is 0.856. The second-order valence-electron chi connectivity index (χ2n) is 6.86. The van der Waals surface area contributed by atoms with E-state index < -0.39 is 0 Å². The van der Waals surface area contributed by atoms with Crippen LogP contribution in [0.25, 0.3) is 0 Å². The van der Waals surface area contributed by atoms with Gasteiger partial charge in [-0.25, -0.2) is 4.98 Å². The number of imidazole rings is 1. The minimum absolute atomic E-state index is 0.241. The molecule has 1 saturated heterocycles. The topological polar surface area (TPSA) is 41.4 Å².